The predicted molar refractivity (Wildman–Crippen MR) is 128 cm³/mol. The molecular weight excluding hydrogens is 446 g/mol. The number of nitrogens with zero attached hydrogens (tertiary/aromatic N) is 6. The number of amides is 1. The van der Waals surface area contributed by atoms with Crippen LogP contribution < -0.4 is 14.8 Å². The molecule has 0 spiro atoms. The lowest BCUT2D eigenvalue weighted by Crippen LogP contribution is -2.25. The Kier molecular flexibility index (Phi) is 5.16. The molecule has 1 amide bonds. The minimum Gasteiger partial charge on any atom is -0.493 e. The van der Waals surface area contributed by atoms with E-state index in [0.29, 0.717) is 35.3 Å². The van der Waals surface area contributed by atoms with Gasteiger partial charge in [-0.15, -0.1) is 15.3 Å². The zero-order valence-electron chi connectivity index (χ0n) is 20.0. The number of hydrogen-bond donors (Lipinski definition) is 1. The number of carbonyl (C=O) groups is 1. The monoisotopic (exact) mass is 473 g/mol. The number of fused-ring (bicyclic) bond motifs is 2. The van der Waals surface area contributed by atoms with Crippen molar-refractivity contribution in [1.29, 1.82) is 0 Å². The third kappa shape index (κ3) is 3.69. The van der Waals surface area contributed by atoms with E-state index in [-0.39, 0.29) is 17.9 Å². The van der Waals surface area contributed by atoms with E-state index < -0.39 is 0 Å². The molecule has 1 saturated carbocycles. The Labute approximate surface area is 202 Å². The summed E-state index contributed by atoms with van der Waals surface area (Å²) in [5, 5.41) is 20.6. The summed E-state index contributed by atoms with van der Waals surface area (Å²) in [6, 6.07) is 9.62. The van der Waals surface area contributed by atoms with E-state index in [9.17, 15) is 4.79 Å². The molecule has 35 heavy (non-hydrogen) atoms. The molecule has 1 atom stereocenters. The van der Waals surface area contributed by atoms with Crippen LogP contribution in [0.1, 0.15) is 60.7 Å². The van der Waals surface area contributed by atoms with E-state index in [4.69, 9.17) is 14.6 Å². The van der Waals surface area contributed by atoms with Crippen molar-refractivity contribution in [3.63, 3.8) is 0 Å². The van der Waals surface area contributed by atoms with Crippen LogP contribution in [-0.4, -0.2) is 48.7 Å². The molecule has 1 aliphatic heterocycles. The molecule has 10 nitrogen and oxygen atoms in total. The smallest absolute Gasteiger partial charge is 0.226 e. The molecule has 1 N–H and O–H groups in total. The summed E-state index contributed by atoms with van der Waals surface area (Å²) >= 11 is 0. The number of anilines is 1. The molecule has 1 unspecified atom stereocenters. The van der Waals surface area contributed by atoms with E-state index in [2.05, 4.69) is 20.6 Å². The second-order valence-corrected chi connectivity index (χ2v) is 9.21. The van der Waals surface area contributed by atoms with Crippen LogP contribution >= 0.6 is 0 Å². The van der Waals surface area contributed by atoms with Crippen molar-refractivity contribution in [2.75, 3.05) is 12.4 Å². The number of ether oxygens (including phenoxy) is 2. The quantitative estimate of drug-likeness (QED) is 0.470. The van der Waals surface area contributed by atoms with Gasteiger partial charge in [-0.1, -0.05) is 6.07 Å². The molecule has 3 aromatic heterocycles. The molecule has 0 saturated heterocycles. The molecule has 180 valence electrons. The summed E-state index contributed by atoms with van der Waals surface area (Å²) < 4.78 is 15.2. The summed E-state index contributed by atoms with van der Waals surface area (Å²) in [6.07, 6.45) is 5.01. The Balaban J connectivity index is 1.42. The molecule has 0 radical (unpaired) electrons. The SMILES string of the molecule is COc1ccc(C2CC(=O)Nc3c2c(C)nn3-c2ccc3nnc(C)n3n2)cc1OC1CCCC1. The van der Waals surface area contributed by atoms with Crippen LogP contribution in [0.2, 0.25) is 0 Å². The first-order valence-electron chi connectivity index (χ1n) is 11.9. The largest absolute Gasteiger partial charge is 0.493 e. The molecule has 4 aromatic rings. The molecule has 1 aromatic carbocycles. The molecular formula is C25H27N7O3. The van der Waals surface area contributed by atoms with Crippen molar-refractivity contribution in [1.82, 2.24) is 29.6 Å². The number of hydrogen-bond acceptors (Lipinski definition) is 7. The Morgan fingerprint density at radius 2 is 1.86 bits per heavy atom. The van der Waals surface area contributed by atoms with Gasteiger partial charge in [-0.05, 0) is 69.4 Å². The highest BCUT2D eigenvalue weighted by molar-refractivity contribution is 5.95. The minimum absolute atomic E-state index is 0.0701. The van der Waals surface area contributed by atoms with Gasteiger partial charge in [0.05, 0.1) is 18.9 Å². The number of aryl methyl sites for hydroxylation is 2. The molecule has 2 aliphatic rings. The zero-order valence-corrected chi connectivity index (χ0v) is 20.0. The maximum absolute atomic E-state index is 12.9. The van der Waals surface area contributed by atoms with Gasteiger partial charge in [0, 0.05) is 17.9 Å². The van der Waals surface area contributed by atoms with Crippen LogP contribution in [0.15, 0.2) is 30.3 Å². The molecule has 6 rings (SSSR count). The second-order valence-electron chi connectivity index (χ2n) is 9.21. The molecule has 1 fully saturated rings. The highest BCUT2D eigenvalue weighted by Crippen LogP contribution is 2.43. The number of methoxy groups -OCH3 is 1. The molecule has 1 aliphatic carbocycles. The summed E-state index contributed by atoms with van der Waals surface area (Å²) in [4.78, 5) is 12.9. The standard InChI is InChI=1S/C25H27N7O3/c1-14-24-18(16-8-9-19(34-3)20(12-16)35-17-6-4-5-7-17)13-23(33)26-25(24)32(29-14)22-11-10-21-28-27-15(2)31(21)30-22/h8-12,17-18H,4-7,13H2,1-3H3,(H,26,33). The van der Waals surface area contributed by atoms with Gasteiger partial charge in [-0.2, -0.15) is 14.3 Å². The van der Waals surface area contributed by atoms with Crippen LogP contribution in [0.4, 0.5) is 5.82 Å². The van der Waals surface area contributed by atoms with E-state index >= 15 is 0 Å². The highest BCUT2D eigenvalue weighted by atomic mass is 16.5. The molecule has 4 heterocycles. The van der Waals surface area contributed by atoms with Gasteiger partial charge in [0.25, 0.3) is 0 Å². The first kappa shape index (κ1) is 21.6. The first-order chi connectivity index (χ1) is 17.0. The fraction of sp³-hybridized carbons (Fsp3) is 0.400. The van der Waals surface area contributed by atoms with Crippen LogP contribution in [0.5, 0.6) is 11.5 Å². The number of carbonyl (C=O) groups excluding carboxylic acids is 1. The van der Waals surface area contributed by atoms with Gasteiger partial charge >= 0.3 is 0 Å². The van der Waals surface area contributed by atoms with Crippen LogP contribution in [0.25, 0.3) is 11.5 Å². The average molecular weight is 474 g/mol. The number of aromatic nitrogens is 6. The van der Waals surface area contributed by atoms with Crippen molar-refractivity contribution >= 4 is 17.4 Å². The highest BCUT2D eigenvalue weighted by Gasteiger charge is 2.34. The molecule has 0 bridgehead atoms. The first-order valence-corrected chi connectivity index (χ1v) is 11.9. The lowest BCUT2D eigenvalue weighted by molar-refractivity contribution is -0.116. The Morgan fingerprint density at radius 1 is 1.03 bits per heavy atom. The van der Waals surface area contributed by atoms with Crippen molar-refractivity contribution < 1.29 is 14.3 Å². The van der Waals surface area contributed by atoms with E-state index in [0.717, 1.165) is 35.4 Å². The van der Waals surface area contributed by atoms with Crippen molar-refractivity contribution in [2.45, 2.75) is 58.0 Å². The lowest BCUT2D eigenvalue weighted by atomic mass is 9.85. The van der Waals surface area contributed by atoms with Crippen molar-refractivity contribution in [3.8, 4) is 17.3 Å². The Hall–Kier alpha value is -3.95. The number of nitrogens with one attached hydrogen (secondary N) is 1. The van der Waals surface area contributed by atoms with Crippen LogP contribution in [0.3, 0.4) is 0 Å². The van der Waals surface area contributed by atoms with Gasteiger partial charge in [0.2, 0.25) is 5.91 Å². The van der Waals surface area contributed by atoms with Crippen molar-refractivity contribution in [2.24, 2.45) is 0 Å². The summed E-state index contributed by atoms with van der Waals surface area (Å²) in [7, 11) is 1.65. The summed E-state index contributed by atoms with van der Waals surface area (Å²) in [6.45, 7) is 3.80. The topological polar surface area (TPSA) is 108 Å². The summed E-state index contributed by atoms with van der Waals surface area (Å²) in [5.74, 6) is 3.08. The van der Waals surface area contributed by atoms with Gasteiger partial charge < -0.3 is 14.8 Å². The van der Waals surface area contributed by atoms with Gasteiger partial charge in [-0.3, -0.25) is 4.79 Å². The summed E-state index contributed by atoms with van der Waals surface area (Å²) in [5.41, 5.74) is 3.46. The Morgan fingerprint density at radius 3 is 2.66 bits per heavy atom. The van der Waals surface area contributed by atoms with Gasteiger partial charge in [-0.25, -0.2) is 0 Å². The normalized spacial score (nSPS) is 18.0. The third-order valence-corrected chi connectivity index (χ3v) is 6.91. The maximum atomic E-state index is 12.9. The van der Waals surface area contributed by atoms with Crippen LogP contribution in [0, 0.1) is 13.8 Å². The maximum Gasteiger partial charge on any atom is 0.226 e. The fourth-order valence-electron chi connectivity index (χ4n) is 5.18. The second kappa shape index (κ2) is 8.37. The molecule has 10 heteroatoms. The lowest BCUT2D eigenvalue weighted by Gasteiger charge is -2.25. The Bertz CT molecular complexity index is 1430. The van der Waals surface area contributed by atoms with Crippen molar-refractivity contribution in [3.05, 3.63) is 53.0 Å². The van der Waals surface area contributed by atoms with E-state index in [1.165, 1.54) is 12.8 Å². The van der Waals surface area contributed by atoms with E-state index in [1.54, 1.807) is 16.3 Å². The van der Waals surface area contributed by atoms with Gasteiger partial charge in [0.15, 0.2) is 28.8 Å². The number of rotatable bonds is 5. The van der Waals surface area contributed by atoms with Crippen LogP contribution in [-0.2, 0) is 4.79 Å². The number of benzene rings is 1. The predicted octanol–water partition coefficient (Wildman–Crippen LogP) is 3.73. The third-order valence-electron chi connectivity index (χ3n) is 6.91. The fourth-order valence-corrected chi connectivity index (χ4v) is 5.18. The minimum atomic E-state index is -0.162. The van der Waals surface area contributed by atoms with Gasteiger partial charge in [0.1, 0.15) is 5.82 Å². The van der Waals surface area contributed by atoms with E-state index in [1.807, 2.05) is 44.2 Å². The zero-order chi connectivity index (χ0) is 24.1. The average Bonchev–Trinajstić information content (AvgIpc) is 3.58.